The lowest BCUT2D eigenvalue weighted by Crippen LogP contribution is -2.23. The predicted molar refractivity (Wildman–Crippen MR) is 110 cm³/mol. The highest BCUT2D eigenvalue weighted by Gasteiger charge is 2.20. The fourth-order valence-electron chi connectivity index (χ4n) is 2.23. The van der Waals surface area contributed by atoms with Crippen LogP contribution in [0, 0.1) is 0 Å². The minimum absolute atomic E-state index is 0.242. The fraction of sp³-hybridized carbons (Fsp3) is 0.176. The number of carbonyl (C=O) groups is 1. The molecule has 0 aliphatic rings. The van der Waals surface area contributed by atoms with Crippen LogP contribution in [0.1, 0.15) is 6.92 Å². The SMILES string of the molecule is CC(Sc1nnc(-c2ccncc2)n1C)C(=O)Nc1cc(Cl)c(Cl)cc1Cl. The Kier molecular flexibility index (Phi) is 6.26. The van der Waals surface area contributed by atoms with Gasteiger partial charge in [0.25, 0.3) is 0 Å². The van der Waals surface area contributed by atoms with Crippen LogP contribution in [0.4, 0.5) is 5.69 Å². The Morgan fingerprint density at radius 2 is 1.78 bits per heavy atom. The average Bonchev–Trinajstić information content (AvgIpc) is 3.00. The third kappa shape index (κ3) is 4.55. The minimum atomic E-state index is -0.441. The van der Waals surface area contributed by atoms with Gasteiger partial charge in [-0.1, -0.05) is 46.6 Å². The smallest absolute Gasteiger partial charge is 0.237 e. The van der Waals surface area contributed by atoms with Crippen LogP contribution in [0.5, 0.6) is 0 Å². The van der Waals surface area contributed by atoms with Crippen molar-refractivity contribution in [1.82, 2.24) is 19.7 Å². The molecule has 2 heterocycles. The first-order valence-electron chi connectivity index (χ1n) is 7.78. The van der Waals surface area contributed by atoms with Crippen LogP contribution in [-0.2, 0) is 11.8 Å². The van der Waals surface area contributed by atoms with Crippen LogP contribution in [0.25, 0.3) is 11.4 Å². The van der Waals surface area contributed by atoms with Gasteiger partial charge < -0.3 is 9.88 Å². The van der Waals surface area contributed by atoms with Crippen LogP contribution in [0.3, 0.4) is 0 Å². The van der Waals surface area contributed by atoms with Crippen molar-refractivity contribution in [3.8, 4) is 11.4 Å². The van der Waals surface area contributed by atoms with Gasteiger partial charge in [0.15, 0.2) is 11.0 Å². The van der Waals surface area contributed by atoms with Gasteiger partial charge in [-0.25, -0.2) is 0 Å². The zero-order valence-electron chi connectivity index (χ0n) is 14.3. The number of thioether (sulfide) groups is 1. The molecule has 0 aliphatic heterocycles. The second-order valence-electron chi connectivity index (χ2n) is 5.60. The summed E-state index contributed by atoms with van der Waals surface area (Å²) in [7, 11) is 1.85. The average molecular weight is 443 g/mol. The van der Waals surface area contributed by atoms with Crippen molar-refractivity contribution < 1.29 is 4.79 Å². The quantitative estimate of drug-likeness (QED) is 0.447. The molecule has 0 spiro atoms. The molecule has 1 amide bonds. The van der Waals surface area contributed by atoms with Gasteiger partial charge in [0.2, 0.25) is 5.91 Å². The number of halogens is 3. The van der Waals surface area contributed by atoms with Crippen LogP contribution < -0.4 is 5.32 Å². The molecular formula is C17H14Cl3N5OS. The van der Waals surface area contributed by atoms with Gasteiger partial charge in [-0.2, -0.15) is 0 Å². The van der Waals surface area contributed by atoms with Gasteiger partial charge in [0.05, 0.1) is 26.0 Å². The maximum Gasteiger partial charge on any atom is 0.237 e. The van der Waals surface area contributed by atoms with E-state index >= 15 is 0 Å². The molecule has 6 nitrogen and oxygen atoms in total. The molecular weight excluding hydrogens is 429 g/mol. The Hall–Kier alpha value is -1.80. The molecule has 1 N–H and O–H groups in total. The normalized spacial score (nSPS) is 12.0. The van der Waals surface area contributed by atoms with Crippen molar-refractivity contribution in [2.75, 3.05) is 5.32 Å². The Morgan fingerprint density at radius 3 is 2.48 bits per heavy atom. The van der Waals surface area contributed by atoms with E-state index in [9.17, 15) is 4.79 Å². The lowest BCUT2D eigenvalue weighted by molar-refractivity contribution is -0.115. The first-order chi connectivity index (χ1) is 12.9. The van der Waals surface area contributed by atoms with Crippen LogP contribution in [-0.4, -0.2) is 30.9 Å². The Morgan fingerprint density at radius 1 is 1.11 bits per heavy atom. The number of hydrogen-bond donors (Lipinski definition) is 1. The number of hydrogen-bond acceptors (Lipinski definition) is 5. The summed E-state index contributed by atoms with van der Waals surface area (Å²) in [5.74, 6) is 0.453. The molecule has 0 saturated heterocycles. The van der Waals surface area contributed by atoms with E-state index in [-0.39, 0.29) is 5.91 Å². The number of rotatable bonds is 5. The standard InChI is InChI=1S/C17H14Cl3N5OS/c1-9(16(26)22-14-8-12(19)11(18)7-13(14)20)27-17-24-23-15(25(17)2)10-3-5-21-6-4-10/h3-9H,1-2H3,(H,22,26). The summed E-state index contributed by atoms with van der Waals surface area (Å²) in [6.45, 7) is 1.77. The molecule has 0 bridgehead atoms. The molecule has 2 aromatic heterocycles. The van der Waals surface area contributed by atoms with Crippen LogP contribution in [0.15, 0.2) is 41.8 Å². The van der Waals surface area contributed by atoms with Gasteiger partial charge in [0.1, 0.15) is 0 Å². The van der Waals surface area contributed by atoms with E-state index in [0.717, 1.165) is 5.56 Å². The Balaban J connectivity index is 1.72. The van der Waals surface area contributed by atoms with Gasteiger partial charge in [-0.05, 0) is 31.2 Å². The molecule has 0 aliphatic carbocycles. The summed E-state index contributed by atoms with van der Waals surface area (Å²) < 4.78 is 1.83. The molecule has 1 aromatic carbocycles. The maximum absolute atomic E-state index is 12.5. The van der Waals surface area contributed by atoms with Gasteiger partial charge in [-0.3, -0.25) is 9.78 Å². The van der Waals surface area contributed by atoms with Gasteiger partial charge in [-0.15, -0.1) is 10.2 Å². The number of nitrogens with one attached hydrogen (secondary N) is 1. The lowest BCUT2D eigenvalue weighted by atomic mass is 10.2. The second-order valence-corrected chi connectivity index (χ2v) is 8.13. The minimum Gasteiger partial charge on any atom is -0.324 e. The monoisotopic (exact) mass is 441 g/mol. The van der Waals surface area contributed by atoms with E-state index in [4.69, 9.17) is 34.8 Å². The third-order valence-electron chi connectivity index (χ3n) is 3.69. The molecule has 1 atom stereocenters. The van der Waals surface area contributed by atoms with Crippen LogP contribution >= 0.6 is 46.6 Å². The molecule has 0 fully saturated rings. The number of aromatic nitrogens is 4. The van der Waals surface area contributed by atoms with E-state index < -0.39 is 5.25 Å². The molecule has 1 unspecified atom stereocenters. The van der Waals surface area contributed by atoms with Gasteiger partial charge in [0, 0.05) is 25.0 Å². The summed E-state index contributed by atoms with van der Waals surface area (Å²) in [6.07, 6.45) is 3.38. The number of amides is 1. The van der Waals surface area contributed by atoms with Crippen molar-refractivity contribution in [3.63, 3.8) is 0 Å². The number of anilines is 1. The molecule has 27 heavy (non-hydrogen) atoms. The predicted octanol–water partition coefficient (Wildman–Crippen LogP) is 4.96. The van der Waals surface area contributed by atoms with E-state index in [2.05, 4.69) is 20.5 Å². The molecule has 0 radical (unpaired) electrons. The number of pyridine rings is 1. The Bertz CT molecular complexity index is 980. The molecule has 3 rings (SSSR count). The topological polar surface area (TPSA) is 72.7 Å². The van der Waals surface area contributed by atoms with Crippen molar-refractivity contribution in [1.29, 1.82) is 0 Å². The lowest BCUT2D eigenvalue weighted by Gasteiger charge is -2.13. The van der Waals surface area contributed by atoms with E-state index in [1.165, 1.54) is 23.9 Å². The molecule has 10 heteroatoms. The second kappa shape index (κ2) is 8.48. The van der Waals surface area contributed by atoms with E-state index in [1.807, 2.05) is 23.7 Å². The highest BCUT2D eigenvalue weighted by molar-refractivity contribution is 8.00. The molecule has 140 valence electrons. The van der Waals surface area contributed by atoms with Crippen LogP contribution in [0.2, 0.25) is 15.1 Å². The van der Waals surface area contributed by atoms with Crippen molar-refractivity contribution in [3.05, 3.63) is 51.7 Å². The summed E-state index contributed by atoms with van der Waals surface area (Å²) in [4.78, 5) is 16.5. The molecule has 0 saturated carbocycles. The first kappa shape index (κ1) is 19.9. The zero-order chi connectivity index (χ0) is 19.6. The highest BCUT2D eigenvalue weighted by atomic mass is 35.5. The summed E-state index contributed by atoms with van der Waals surface area (Å²) >= 11 is 19.3. The van der Waals surface area contributed by atoms with E-state index in [1.54, 1.807) is 19.3 Å². The van der Waals surface area contributed by atoms with Crippen molar-refractivity contribution >= 4 is 58.2 Å². The highest BCUT2D eigenvalue weighted by Crippen LogP contribution is 2.33. The number of nitrogens with zero attached hydrogens (tertiary/aromatic N) is 4. The number of carbonyl (C=O) groups excluding carboxylic acids is 1. The first-order valence-corrected chi connectivity index (χ1v) is 9.80. The third-order valence-corrected chi connectivity index (χ3v) is 5.86. The van der Waals surface area contributed by atoms with Crippen molar-refractivity contribution in [2.45, 2.75) is 17.3 Å². The summed E-state index contributed by atoms with van der Waals surface area (Å²) in [6, 6.07) is 6.70. The Labute approximate surface area is 175 Å². The van der Waals surface area contributed by atoms with Gasteiger partial charge >= 0.3 is 0 Å². The summed E-state index contributed by atoms with van der Waals surface area (Å²) in [5, 5.41) is 12.3. The van der Waals surface area contributed by atoms with E-state index in [0.29, 0.717) is 31.7 Å². The fourth-order valence-corrected chi connectivity index (χ4v) is 3.64. The number of benzene rings is 1. The maximum atomic E-state index is 12.5. The van der Waals surface area contributed by atoms with Crippen molar-refractivity contribution in [2.24, 2.45) is 7.05 Å². The zero-order valence-corrected chi connectivity index (χ0v) is 17.4. The largest absolute Gasteiger partial charge is 0.324 e. The molecule has 3 aromatic rings. The summed E-state index contributed by atoms with van der Waals surface area (Å²) in [5.41, 5.74) is 1.30.